The van der Waals surface area contributed by atoms with Crippen LogP contribution in [0.15, 0.2) is 65.4 Å². The van der Waals surface area contributed by atoms with Crippen molar-refractivity contribution >= 4 is 11.8 Å². The SMILES string of the molecule is O=C(NCCNC(=O)C1CCC(c2nc(-c3ccccn3)no2)CC1)c1cn(-c2ccccc2)nc1C(F)(F)F. The van der Waals surface area contributed by atoms with Crippen LogP contribution in [0.4, 0.5) is 13.2 Å². The maximum absolute atomic E-state index is 13.5. The summed E-state index contributed by atoms with van der Waals surface area (Å²) in [5, 5.41) is 12.8. The van der Waals surface area contributed by atoms with Crippen molar-refractivity contribution in [1.82, 2.24) is 35.5 Å². The zero-order valence-electron chi connectivity index (χ0n) is 21.3. The Bertz CT molecular complexity index is 1450. The molecule has 2 amide bonds. The Kier molecular flexibility index (Phi) is 7.89. The smallest absolute Gasteiger partial charge is 0.354 e. The van der Waals surface area contributed by atoms with Gasteiger partial charge in [-0.05, 0) is 49.9 Å². The summed E-state index contributed by atoms with van der Waals surface area (Å²) < 4.78 is 47.0. The van der Waals surface area contributed by atoms with E-state index < -0.39 is 23.3 Å². The van der Waals surface area contributed by atoms with Crippen LogP contribution in [0.1, 0.15) is 53.5 Å². The summed E-state index contributed by atoms with van der Waals surface area (Å²) >= 11 is 0. The van der Waals surface area contributed by atoms with E-state index in [-0.39, 0.29) is 30.8 Å². The molecule has 0 radical (unpaired) electrons. The number of rotatable bonds is 8. The number of benzene rings is 1. The third-order valence-corrected chi connectivity index (χ3v) is 6.74. The van der Waals surface area contributed by atoms with E-state index in [0.717, 1.165) is 10.9 Å². The number of alkyl halides is 3. The maximum Gasteiger partial charge on any atom is 0.435 e. The molecule has 40 heavy (non-hydrogen) atoms. The number of aromatic nitrogens is 5. The van der Waals surface area contributed by atoms with Gasteiger partial charge < -0.3 is 15.2 Å². The van der Waals surface area contributed by atoms with Gasteiger partial charge in [0, 0.05) is 37.3 Å². The molecule has 1 saturated carbocycles. The van der Waals surface area contributed by atoms with Gasteiger partial charge in [-0.3, -0.25) is 14.6 Å². The standard InChI is InChI=1S/C27H26F3N7O3/c28-27(29,30)22-20(16-37(35-22)19-6-2-1-3-7-19)25(39)33-15-14-32-24(38)17-9-11-18(12-10-17)26-34-23(36-40-26)21-8-4-5-13-31-21/h1-8,13,16-18H,9-12,14-15H2,(H,32,38)(H,33,39). The van der Waals surface area contributed by atoms with Crippen LogP contribution in [0.2, 0.25) is 0 Å². The number of para-hydroxylation sites is 1. The van der Waals surface area contributed by atoms with Gasteiger partial charge in [0.1, 0.15) is 5.69 Å². The summed E-state index contributed by atoms with van der Waals surface area (Å²) in [6.07, 6.45) is 0.540. The molecule has 3 heterocycles. The van der Waals surface area contributed by atoms with Crippen molar-refractivity contribution in [2.45, 2.75) is 37.8 Å². The van der Waals surface area contributed by atoms with Gasteiger partial charge in [-0.25, -0.2) is 4.68 Å². The summed E-state index contributed by atoms with van der Waals surface area (Å²) in [6, 6.07) is 13.6. The second kappa shape index (κ2) is 11.7. The molecule has 1 aliphatic rings. The van der Waals surface area contributed by atoms with Crippen LogP contribution in [-0.4, -0.2) is 49.8 Å². The highest BCUT2D eigenvalue weighted by molar-refractivity contribution is 5.95. The van der Waals surface area contributed by atoms with E-state index in [1.165, 1.54) is 0 Å². The number of nitrogens with one attached hydrogen (secondary N) is 2. The monoisotopic (exact) mass is 553 g/mol. The van der Waals surface area contributed by atoms with E-state index in [4.69, 9.17) is 4.52 Å². The Labute approximate surface area is 227 Å². The lowest BCUT2D eigenvalue weighted by atomic mass is 9.81. The predicted octanol–water partition coefficient (Wildman–Crippen LogP) is 4.16. The lowest BCUT2D eigenvalue weighted by molar-refractivity contribution is -0.141. The van der Waals surface area contributed by atoms with Gasteiger partial charge in [0.15, 0.2) is 5.69 Å². The van der Waals surface area contributed by atoms with E-state index in [1.54, 1.807) is 48.7 Å². The molecule has 0 spiro atoms. The molecule has 10 nitrogen and oxygen atoms in total. The van der Waals surface area contributed by atoms with Gasteiger partial charge in [0.05, 0.1) is 11.3 Å². The molecular weight excluding hydrogens is 527 g/mol. The first-order valence-corrected chi connectivity index (χ1v) is 12.8. The molecule has 5 rings (SSSR count). The van der Waals surface area contributed by atoms with E-state index in [1.807, 2.05) is 6.07 Å². The number of carbonyl (C=O) groups is 2. The average Bonchev–Trinajstić information content (AvgIpc) is 3.65. The normalized spacial score (nSPS) is 17.4. The number of nitrogens with zero attached hydrogens (tertiary/aromatic N) is 5. The van der Waals surface area contributed by atoms with Gasteiger partial charge in [-0.2, -0.15) is 23.3 Å². The van der Waals surface area contributed by atoms with Gasteiger partial charge in [-0.15, -0.1) is 0 Å². The fraction of sp³-hybridized carbons (Fsp3) is 0.333. The third kappa shape index (κ3) is 6.19. The van der Waals surface area contributed by atoms with Gasteiger partial charge >= 0.3 is 6.18 Å². The number of pyridine rings is 1. The fourth-order valence-electron chi connectivity index (χ4n) is 4.67. The Morgan fingerprint density at radius 2 is 1.70 bits per heavy atom. The molecule has 4 aromatic rings. The molecule has 1 aliphatic carbocycles. The van der Waals surface area contributed by atoms with E-state index in [0.29, 0.717) is 48.8 Å². The first kappa shape index (κ1) is 27.0. The van der Waals surface area contributed by atoms with Crippen molar-refractivity contribution in [3.8, 4) is 17.2 Å². The minimum atomic E-state index is -4.80. The quantitative estimate of drug-likeness (QED) is 0.314. The topological polar surface area (TPSA) is 128 Å². The van der Waals surface area contributed by atoms with E-state index >= 15 is 0 Å². The number of amides is 2. The minimum Gasteiger partial charge on any atom is -0.354 e. The van der Waals surface area contributed by atoms with Crippen molar-refractivity contribution in [3.63, 3.8) is 0 Å². The van der Waals surface area contributed by atoms with Crippen molar-refractivity contribution in [2.75, 3.05) is 13.1 Å². The van der Waals surface area contributed by atoms with Crippen LogP contribution in [-0.2, 0) is 11.0 Å². The third-order valence-electron chi connectivity index (χ3n) is 6.74. The van der Waals surface area contributed by atoms with Gasteiger partial charge in [-0.1, -0.05) is 29.4 Å². The average molecular weight is 554 g/mol. The summed E-state index contributed by atoms with van der Waals surface area (Å²) in [5.41, 5.74) is -0.852. The highest BCUT2D eigenvalue weighted by Crippen LogP contribution is 2.36. The Morgan fingerprint density at radius 1 is 0.975 bits per heavy atom. The molecule has 0 atom stereocenters. The Morgan fingerprint density at radius 3 is 2.40 bits per heavy atom. The second-order valence-electron chi connectivity index (χ2n) is 9.44. The minimum absolute atomic E-state index is 0.0357. The summed E-state index contributed by atoms with van der Waals surface area (Å²) in [5.74, 6) is -0.309. The van der Waals surface area contributed by atoms with Crippen LogP contribution in [0.5, 0.6) is 0 Å². The number of carbonyl (C=O) groups excluding carboxylic acids is 2. The zero-order valence-corrected chi connectivity index (χ0v) is 21.3. The van der Waals surface area contributed by atoms with E-state index in [2.05, 4.69) is 30.9 Å². The van der Waals surface area contributed by atoms with Crippen LogP contribution in [0, 0.1) is 5.92 Å². The molecule has 1 aromatic carbocycles. The molecule has 208 valence electrons. The molecule has 0 aliphatic heterocycles. The fourth-order valence-corrected chi connectivity index (χ4v) is 4.67. The highest BCUT2D eigenvalue weighted by atomic mass is 19.4. The van der Waals surface area contributed by atoms with Crippen molar-refractivity contribution in [1.29, 1.82) is 0 Å². The van der Waals surface area contributed by atoms with Crippen LogP contribution in [0.25, 0.3) is 17.2 Å². The molecule has 0 unspecified atom stereocenters. The predicted molar refractivity (Wildman–Crippen MR) is 136 cm³/mol. The molecule has 3 aromatic heterocycles. The first-order valence-electron chi connectivity index (χ1n) is 12.8. The summed E-state index contributed by atoms with van der Waals surface area (Å²) in [6.45, 7) is 0.0434. The lowest BCUT2D eigenvalue weighted by Gasteiger charge is -2.25. The number of hydrogen-bond donors (Lipinski definition) is 2. The van der Waals surface area contributed by atoms with Gasteiger partial charge in [0.25, 0.3) is 5.91 Å². The summed E-state index contributed by atoms with van der Waals surface area (Å²) in [7, 11) is 0. The largest absolute Gasteiger partial charge is 0.435 e. The van der Waals surface area contributed by atoms with Crippen LogP contribution >= 0.6 is 0 Å². The first-order chi connectivity index (χ1) is 19.3. The zero-order chi connectivity index (χ0) is 28.1. The Balaban J connectivity index is 1.09. The van der Waals surface area contributed by atoms with Crippen LogP contribution < -0.4 is 10.6 Å². The lowest BCUT2D eigenvalue weighted by Crippen LogP contribution is -2.38. The molecule has 2 N–H and O–H groups in total. The van der Waals surface area contributed by atoms with Gasteiger partial charge in [0.2, 0.25) is 17.6 Å². The second-order valence-corrected chi connectivity index (χ2v) is 9.44. The van der Waals surface area contributed by atoms with E-state index in [9.17, 15) is 22.8 Å². The van der Waals surface area contributed by atoms with Crippen molar-refractivity contribution in [3.05, 3.63) is 78.1 Å². The molecule has 0 bridgehead atoms. The molecule has 13 heteroatoms. The molecule has 0 saturated heterocycles. The molecule has 1 fully saturated rings. The van der Waals surface area contributed by atoms with Crippen LogP contribution in [0.3, 0.4) is 0 Å². The molecular formula is C27H26F3N7O3. The highest BCUT2D eigenvalue weighted by Gasteiger charge is 2.39. The van der Waals surface area contributed by atoms with Crippen molar-refractivity contribution < 1.29 is 27.3 Å². The maximum atomic E-state index is 13.5. The van der Waals surface area contributed by atoms with Crippen molar-refractivity contribution in [2.24, 2.45) is 5.92 Å². The number of hydrogen-bond acceptors (Lipinski definition) is 7. The number of halogens is 3. The summed E-state index contributed by atoms with van der Waals surface area (Å²) in [4.78, 5) is 33.9. The Hall–Kier alpha value is -4.55.